The molecule has 0 aromatic carbocycles. The summed E-state index contributed by atoms with van der Waals surface area (Å²) in [5.74, 6) is 2.48. The summed E-state index contributed by atoms with van der Waals surface area (Å²) in [7, 11) is 0. The number of likely N-dealkylation sites (tertiary alicyclic amines) is 2. The van der Waals surface area contributed by atoms with E-state index in [9.17, 15) is 9.59 Å². The predicted octanol–water partition coefficient (Wildman–Crippen LogP) is 6.91. The summed E-state index contributed by atoms with van der Waals surface area (Å²) >= 11 is 0. The van der Waals surface area contributed by atoms with Crippen LogP contribution in [-0.2, 0) is 19.1 Å². The van der Waals surface area contributed by atoms with Crippen molar-refractivity contribution in [3.05, 3.63) is 12.7 Å². The van der Waals surface area contributed by atoms with Crippen molar-refractivity contribution in [2.75, 3.05) is 32.7 Å². The van der Waals surface area contributed by atoms with Crippen LogP contribution in [0, 0.1) is 34.5 Å². The van der Waals surface area contributed by atoms with Gasteiger partial charge in [0.2, 0.25) is 0 Å². The van der Waals surface area contributed by atoms with Crippen LogP contribution in [0.4, 0.5) is 0 Å². The highest BCUT2D eigenvalue weighted by atomic mass is 16.5. The molecule has 0 radical (unpaired) electrons. The maximum atomic E-state index is 13.0. The van der Waals surface area contributed by atoms with Crippen LogP contribution in [-0.4, -0.2) is 78.3 Å². The minimum atomic E-state index is -0.114. The van der Waals surface area contributed by atoms with E-state index < -0.39 is 0 Å². The van der Waals surface area contributed by atoms with Crippen molar-refractivity contribution in [3.8, 4) is 0 Å². The average molecular weight is 598 g/mol. The largest absolute Gasteiger partial charge is 0.461 e. The summed E-state index contributed by atoms with van der Waals surface area (Å²) < 4.78 is 13.8. The van der Waals surface area contributed by atoms with Gasteiger partial charge in [-0.1, -0.05) is 33.8 Å². The molecule has 6 aliphatic rings. The van der Waals surface area contributed by atoms with Crippen molar-refractivity contribution in [2.24, 2.45) is 34.5 Å². The lowest BCUT2D eigenvalue weighted by Gasteiger charge is -2.62. The first-order valence-corrected chi connectivity index (χ1v) is 18.2. The molecule has 0 aromatic rings. The highest BCUT2D eigenvalue weighted by Gasteiger charge is 2.67. The first-order valence-electron chi connectivity index (χ1n) is 18.2. The molecule has 2 saturated heterocycles. The standard InChI is InChI=1S/C37H61N2O4/c1-6-20-39(21-12-9-13-22-39)32-24-30-28-15-14-27-23-33(42-26(3)40)31(38-18-10-8-11-19-38)25-37(27,5)29(28)16-17-36(30,4)35(32)43-34(41)7-2/h6,27-33,35H,1,7-25H2,2-5H3/q+1/t27?,28-,29-,30+,31?,32?,33?,35?,36+,37+/m1/s1. The van der Waals surface area contributed by atoms with Gasteiger partial charge in [0.25, 0.3) is 0 Å². The van der Waals surface area contributed by atoms with Gasteiger partial charge >= 0.3 is 11.9 Å². The molecule has 0 aromatic heterocycles. The Morgan fingerprint density at radius 3 is 2.33 bits per heavy atom. The Morgan fingerprint density at radius 1 is 0.930 bits per heavy atom. The number of carbonyl (C=O) groups excluding carboxylic acids is 2. The maximum absolute atomic E-state index is 13.0. The number of ether oxygens (including phenoxy) is 2. The lowest BCUT2D eigenvalue weighted by molar-refractivity contribution is -0.952. The molecule has 242 valence electrons. The molecule has 6 nitrogen and oxygen atoms in total. The van der Waals surface area contributed by atoms with E-state index in [0.717, 1.165) is 43.4 Å². The number of nitrogens with zero attached hydrogens (tertiary/aromatic N) is 2. The summed E-state index contributed by atoms with van der Waals surface area (Å²) in [4.78, 5) is 27.9. The molecule has 5 unspecified atom stereocenters. The molecule has 6 fully saturated rings. The first kappa shape index (κ1) is 31.6. The minimum Gasteiger partial charge on any atom is -0.461 e. The fourth-order valence-corrected chi connectivity index (χ4v) is 12.2. The van der Waals surface area contributed by atoms with Gasteiger partial charge in [-0.05, 0) is 119 Å². The molecule has 0 N–H and O–H groups in total. The van der Waals surface area contributed by atoms with Crippen LogP contribution in [0.3, 0.4) is 0 Å². The molecule has 4 aliphatic carbocycles. The zero-order valence-electron chi connectivity index (χ0n) is 27.9. The van der Waals surface area contributed by atoms with E-state index >= 15 is 0 Å². The van der Waals surface area contributed by atoms with Crippen molar-refractivity contribution in [2.45, 2.75) is 142 Å². The molecule has 10 atom stereocenters. The number of carbonyl (C=O) groups is 2. The Balaban J connectivity index is 1.31. The summed E-state index contributed by atoms with van der Waals surface area (Å²) in [5, 5.41) is 0. The Labute approximate surface area is 261 Å². The molecule has 0 spiro atoms. The van der Waals surface area contributed by atoms with Crippen molar-refractivity contribution in [1.82, 2.24) is 4.90 Å². The second-order valence-electron chi connectivity index (χ2n) is 16.2. The summed E-state index contributed by atoms with van der Waals surface area (Å²) in [6.07, 6.45) is 18.7. The van der Waals surface area contributed by atoms with E-state index in [1.54, 1.807) is 6.92 Å². The van der Waals surface area contributed by atoms with Gasteiger partial charge in [-0.3, -0.25) is 14.5 Å². The van der Waals surface area contributed by atoms with Crippen LogP contribution in [0.25, 0.3) is 0 Å². The molecule has 4 saturated carbocycles. The smallest absolute Gasteiger partial charge is 0.306 e. The van der Waals surface area contributed by atoms with Crippen LogP contribution in [0.15, 0.2) is 12.7 Å². The average Bonchev–Trinajstić information content (AvgIpc) is 3.30. The number of quaternary nitrogens is 1. The second-order valence-corrected chi connectivity index (χ2v) is 16.2. The van der Waals surface area contributed by atoms with Crippen LogP contribution < -0.4 is 0 Å². The van der Waals surface area contributed by atoms with E-state index in [1.165, 1.54) is 77.3 Å². The number of rotatable bonds is 7. The van der Waals surface area contributed by atoms with Gasteiger partial charge in [-0.15, -0.1) is 0 Å². The number of hydrogen-bond donors (Lipinski definition) is 0. The third-order valence-electron chi connectivity index (χ3n) is 14.2. The SMILES string of the molecule is C=CC[N+]1(C2C[C@H]3[C@@H]4CCC5CC(OC(C)=O)C(N6CCCCC6)C[C@]5(C)[C@@H]4CC[C@]3(C)C2OC(=O)CC)CCCCC1. The van der Waals surface area contributed by atoms with Gasteiger partial charge in [-0.2, -0.15) is 0 Å². The van der Waals surface area contributed by atoms with Gasteiger partial charge in [-0.25, -0.2) is 0 Å². The van der Waals surface area contributed by atoms with Crippen LogP contribution in [0.2, 0.25) is 0 Å². The Hall–Kier alpha value is -1.40. The molecule has 6 rings (SSSR count). The fraction of sp³-hybridized carbons (Fsp3) is 0.892. The highest BCUT2D eigenvalue weighted by Crippen LogP contribution is 2.68. The van der Waals surface area contributed by atoms with Crippen molar-refractivity contribution in [3.63, 3.8) is 0 Å². The van der Waals surface area contributed by atoms with Crippen LogP contribution in [0.1, 0.15) is 118 Å². The van der Waals surface area contributed by atoms with E-state index in [0.29, 0.717) is 42.2 Å². The molecule has 2 heterocycles. The molecule has 0 bridgehead atoms. The monoisotopic (exact) mass is 597 g/mol. The molecule has 43 heavy (non-hydrogen) atoms. The quantitative estimate of drug-likeness (QED) is 0.181. The van der Waals surface area contributed by atoms with E-state index in [2.05, 4.69) is 31.4 Å². The zero-order valence-corrected chi connectivity index (χ0v) is 27.9. The van der Waals surface area contributed by atoms with Gasteiger partial charge in [0, 0.05) is 31.2 Å². The first-order chi connectivity index (χ1) is 20.6. The molecular formula is C37H61N2O4+. The number of fused-ring (bicyclic) bond motifs is 5. The van der Waals surface area contributed by atoms with Crippen molar-refractivity contribution < 1.29 is 23.5 Å². The fourth-order valence-electron chi connectivity index (χ4n) is 12.2. The lowest BCUT2D eigenvalue weighted by Crippen LogP contribution is -2.63. The molecular weight excluding hydrogens is 536 g/mol. The number of esters is 2. The minimum absolute atomic E-state index is 0.00952. The third kappa shape index (κ3) is 5.53. The van der Waals surface area contributed by atoms with E-state index in [4.69, 9.17) is 9.47 Å². The Bertz CT molecular complexity index is 1030. The van der Waals surface area contributed by atoms with Gasteiger partial charge in [0.1, 0.15) is 12.1 Å². The number of piperidine rings is 2. The van der Waals surface area contributed by atoms with Crippen LogP contribution >= 0.6 is 0 Å². The van der Waals surface area contributed by atoms with Gasteiger partial charge in [0.05, 0.1) is 19.6 Å². The second kappa shape index (κ2) is 12.4. The highest BCUT2D eigenvalue weighted by molar-refractivity contribution is 5.69. The normalized spacial score (nSPS) is 44.4. The van der Waals surface area contributed by atoms with E-state index in [-0.39, 0.29) is 35.0 Å². The zero-order chi connectivity index (χ0) is 30.4. The topological polar surface area (TPSA) is 55.8 Å². The third-order valence-corrected chi connectivity index (χ3v) is 14.2. The molecule has 2 aliphatic heterocycles. The molecule has 6 heteroatoms. The lowest BCUT2D eigenvalue weighted by atomic mass is 9.44. The van der Waals surface area contributed by atoms with Crippen molar-refractivity contribution >= 4 is 11.9 Å². The number of hydrogen-bond acceptors (Lipinski definition) is 5. The predicted molar refractivity (Wildman–Crippen MR) is 170 cm³/mol. The summed E-state index contributed by atoms with van der Waals surface area (Å²) in [6, 6.07) is 0.732. The van der Waals surface area contributed by atoms with E-state index in [1.807, 2.05) is 6.92 Å². The Morgan fingerprint density at radius 2 is 1.65 bits per heavy atom. The Kier molecular flexibility index (Phi) is 9.12. The summed E-state index contributed by atoms with van der Waals surface area (Å²) in [5.41, 5.74) is 0.320. The summed E-state index contributed by atoms with van der Waals surface area (Å²) in [6.45, 7) is 18.6. The molecule has 0 amide bonds. The van der Waals surface area contributed by atoms with Crippen LogP contribution in [0.5, 0.6) is 0 Å². The maximum Gasteiger partial charge on any atom is 0.306 e. The van der Waals surface area contributed by atoms with Gasteiger partial charge < -0.3 is 14.0 Å². The van der Waals surface area contributed by atoms with Crippen molar-refractivity contribution in [1.29, 1.82) is 0 Å². The van der Waals surface area contributed by atoms with Gasteiger partial charge in [0.15, 0.2) is 6.10 Å².